The lowest BCUT2D eigenvalue weighted by molar-refractivity contribution is 0.111. The van der Waals surface area contributed by atoms with Gasteiger partial charge >= 0.3 is 0 Å². The Morgan fingerprint density at radius 2 is 1.24 bits per heavy atom. The van der Waals surface area contributed by atoms with Gasteiger partial charge in [-0.2, -0.15) is 0 Å². The molecule has 0 amide bonds. The van der Waals surface area contributed by atoms with Crippen LogP contribution in [0.2, 0.25) is 5.04 Å². The van der Waals surface area contributed by atoms with Gasteiger partial charge in [-0.05, 0) is 64.7 Å². The Morgan fingerprint density at radius 3 is 1.76 bits per heavy atom. The number of aliphatic hydroxyl groups excluding tert-OH is 1. The Balaban J connectivity index is 1.56. The molecule has 0 aliphatic carbocycles. The van der Waals surface area contributed by atoms with Gasteiger partial charge < -0.3 is 14.3 Å². The van der Waals surface area contributed by atoms with Crippen LogP contribution in [0, 0.1) is 11.8 Å². The van der Waals surface area contributed by atoms with Gasteiger partial charge in [0, 0.05) is 13.2 Å². The molecule has 49 heavy (non-hydrogen) atoms. The van der Waals surface area contributed by atoms with Gasteiger partial charge in [0.2, 0.25) is 0 Å². The minimum Gasteiger partial charge on any atom is -0.407 e. The Bertz CT molecular complexity index is 1650. The van der Waals surface area contributed by atoms with Crippen molar-refractivity contribution in [1.82, 2.24) is 0 Å². The lowest BCUT2D eigenvalue weighted by atomic mass is 9.94. The zero-order chi connectivity index (χ0) is 35.5. The first-order valence-electron chi connectivity index (χ1n) is 17.4. The molecule has 4 rings (SSSR count). The summed E-state index contributed by atoms with van der Waals surface area (Å²) in [6.07, 6.45) is 1.78. The van der Waals surface area contributed by atoms with Crippen LogP contribution >= 0.6 is 0 Å². The maximum atomic E-state index is 14.2. The first kappa shape index (κ1) is 38.5. The summed E-state index contributed by atoms with van der Waals surface area (Å²) in [6, 6.07) is 39.4. The summed E-state index contributed by atoms with van der Waals surface area (Å²) < 4.78 is 41.5. The Labute approximate surface area is 296 Å². The van der Waals surface area contributed by atoms with E-state index in [0.717, 1.165) is 17.6 Å². The lowest BCUT2D eigenvalue weighted by Gasteiger charge is -2.43. The molecule has 4 aromatic rings. The van der Waals surface area contributed by atoms with Crippen molar-refractivity contribution >= 4 is 28.5 Å². The fraction of sp³-hybridized carbons (Fsp3) is 0.381. The topological polar surface area (TPSA) is 72.8 Å². The molecule has 0 aliphatic rings. The van der Waals surface area contributed by atoms with E-state index in [4.69, 9.17) is 9.16 Å². The molecule has 1 N–H and O–H groups in total. The maximum absolute atomic E-state index is 14.2. The van der Waals surface area contributed by atoms with Gasteiger partial charge in [-0.3, -0.25) is 0 Å². The van der Waals surface area contributed by atoms with Crippen LogP contribution < -0.4 is 10.4 Å². The third kappa shape index (κ3) is 9.68. The summed E-state index contributed by atoms with van der Waals surface area (Å²) >= 11 is 0. The van der Waals surface area contributed by atoms with Crippen LogP contribution in [0.3, 0.4) is 0 Å². The molecule has 0 aromatic heterocycles. The first-order chi connectivity index (χ1) is 23.4. The molecule has 0 heterocycles. The summed E-state index contributed by atoms with van der Waals surface area (Å²) in [5, 5.41) is 12.8. The number of aliphatic hydroxyl groups is 1. The predicted molar refractivity (Wildman–Crippen MR) is 204 cm³/mol. The van der Waals surface area contributed by atoms with Crippen molar-refractivity contribution in [3.8, 4) is 0 Å². The molecule has 7 heteroatoms. The Hall–Kier alpha value is -3.33. The quantitative estimate of drug-likeness (QED) is 0.0688. The summed E-state index contributed by atoms with van der Waals surface area (Å²) in [6.45, 7) is 14.2. The third-order valence-corrected chi connectivity index (χ3v) is 17.1. The van der Waals surface area contributed by atoms with Crippen molar-refractivity contribution in [3.63, 3.8) is 0 Å². The normalized spacial score (nSPS) is 15.4. The highest BCUT2D eigenvalue weighted by atomic mass is 32.2. The van der Waals surface area contributed by atoms with Crippen molar-refractivity contribution < 1.29 is 22.7 Å². The Kier molecular flexibility index (Phi) is 13.8. The Morgan fingerprint density at radius 1 is 0.755 bits per heavy atom. The van der Waals surface area contributed by atoms with Crippen molar-refractivity contribution in [1.29, 1.82) is 0 Å². The molecule has 4 atom stereocenters. The van der Waals surface area contributed by atoms with E-state index in [-0.39, 0.29) is 15.9 Å². The van der Waals surface area contributed by atoms with E-state index in [2.05, 4.69) is 76.2 Å². The average Bonchev–Trinajstić information content (AvgIpc) is 3.09. The van der Waals surface area contributed by atoms with Crippen LogP contribution in [0.1, 0.15) is 59.9 Å². The minimum atomic E-state index is -3.88. The van der Waals surface area contributed by atoms with Crippen LogP contribution in [0.25, 0.3) is 0 Å². The van der Waals surface area contributed by atoms with Gasteiger partial charge in [-0.25, -0.2) is 8.42 Å². The van der Waals surface area contributed by atoms with Gasteiger partial charge in [0.15, 0.2) is 9.84 Å². The second-order valence-electron chi connectivity index (χ2n) is 14.2. The van der Waals surface area contributed by atoms with Crippen LogP contribution in [0.4, 0.5) is 0 Å². The number of allylic oxidation sites excluding steroid dienone is 1. The van der Waals surface area contributed by atoms with Crippen molar-refractivity contribution in [2.24, 2.45) is 11.8 Å². The van der Waals surface area contributed by atoms with Crippen LogP contribution in [0.5, 0.6) is 0 Å². The molecule has 0 spiro atoms. The van der Waals surface area contributed by atoms with Crippen LogP contribution in [0.15, 0.2) is 138 Å². The van der Waals surface area contributed by atoms with Gasteiger partial charge in [-0.15, -0.1) is 0 Å². The molecular formula is C42H54O5SSi. The molecule has 0 aliphatic heterocycles. The van der Waals surface area contributed by atoms with Gasteiger partial charge in [0.25, 0.3) is 8.32 Å². The summed E-state index contributed by atoms with van der Waals surface area (Å²) in [4.78, 5) is 0.215. The van der Waals surface area contributed by atoms with Crippen molar-refractivity contribution in [2.45, 2.75) is 82.3 Å². The molecule has 0 radical (unpaired) electrons. The molecule has 0 saturated carbocycles. The molecular weight excluding hydrogens is 645 g/mol. The van der Waals surface area contributed by atoms with Gasteiger partial charge in [0.1, 0.15) is 0 Å². The fourth-order valence-corrected chi connectivity index (χ4v) is 13.3. The SMILES string of the molecule is C/C(=C\C(O)C([C@@H](C)CCO[Si](c1ccccc1)(c1ccccc1)C(C)(C)C)S(=O)(=O)c1ccccc1)[C@@H](C)CCOCc1ccccc1. The van der Waals surface area contributed by atoms with E-state index in [0.29, 0.717) is 26.2 Å². The van der Waals surface area contributed by atoms with E-state index < -0.39 is 35.4 Å². The molecule has 4 aromatic carbocycles. The van der Waals surface area contributed by atoms with E-state index in [1.54, 1.807) is 36.4 Å². The van der Waals surface area contributed by atoms with Crippen LogP contribution in [-0.2, 0) is 25.6 Å². The van der Waals surface area contributed by atoms with Gasteiger partial charge in [0.05, 0.1) is 22.9 Å². The monoisotopic (exact) mass is 698 g/mol. The zero-order valence-electron chi connectivity index (χ0n) is 30.0. The summed E-state index contributed by atoms with van der Waals surface area (Å²) in [5.41, 5.74) is 2.07. The highest BCUT2D eigenvalue weighted by molar-refractivity contribution is 7.92. The molecule has 2 unspecified atom stereocenters. The first-order valence-corrected chi connectivity index (χ1v) is 20.9. The third-order valence-electron chi connectivity index (χ3n) is 9.65. The molecule has 0 bridgehead atoms. The minimum absolute atomic E-state index is 0.110. The molecule has 5 nitrogen and oxygen atoms in total. The maximum Gasteiger partial charge on any atom is 0.261 e. The van der Waals surface area contributed by atoms with E-state index >= 15 is 0 Å². The average molecular weight is 699 g/mol. The number of sulfone groups is 1. The second kappa shape index (κ2) is 17.5. The number of hydrogen-bond donors (Lipinski definition) is 1. The smallest absolute Gasteiger partial charge is 0.261 e. The van der Waals surface area contributed by atoms with Crippen molar-refractivity contribution in [2.75, 3.05) is 13.2 Å². The fourth-order valence-electron chi connectivity index (χ4n) is 6.70. The summed E-state index contributed by atoms with van der Waals surface area (Å²) in [7, 11) is -6.69. The number of ether oxygens (including phenoxy) is 1. The van der Waals surface area contributed by atoms with Crippen LogP contribution in [-0.4, -0.2) is 46.4 Å². The summed E-state index contributed by atoms with van der Waals surface area (Å²) in [5.74, 6) is -0.286. The highest BCUT2D eigenvalue weighted by Gasteiger charge is 2.50. The lowest BCUT2D eigenvalue weighted by Crippen LogP contribution is -2.66. The predicted octanol–water partition coefficient (Wildman–Crippen LogP) is 7.98. The van der Waals surface area contributed by atoms with Crippen molar-refractivity contribution in [3.05, 3.63) is 139 Å². The second-order valence-corrected chi connectivity index (χ2v) is 20.6. The standard InChI is InChI=1S/C42H54O5SSi/c1-33(27-29-46-32-36-19-11-7-12-20-36)35(3)31-40(43)41(48(44,45)37-21-13-8-14-22-37)34(2)28-30-47-49(42(4,5)6,38-23-15-9-16-24-38)39-25-17-10-18-26-39/h7-26,31,33-34,40-41,43H,27-30,32H2,1-6H3/b35-31+/t33-,34-,40?,41?/m0/s1. The molecule has 0 saturated heterocycles. The molecule has 0 fully saturated rings. The largest absolute Gasteiger partial charge is 0.407 e. The van der Waals surface area contributed by atoms with E-state index in [1.165, 1.54) is 10.4 Å². The number of rotatable bonds is 17. The molecule has 262 valence electrons. The van der Waals surface area contributed by atoms with E-state index in [9.17, 15) is 13.5 Å². The number of hydrogen-bond acceptors (Lipinski definition) is 5. The van der Waals surface area contributed by atoms with E-state index in [1.807, 2.05) is 56.3 Å². The number of benzene rings is 4. The highest BCUT2D eigenvalue weighted by Crippen LogP contribution is 2.37. The van der Waals surface area contributed by atoms with Gasteiger partial charge in [-0.1, -0.05) is 155 Å². The zero-order valence-corrected chi connectivity index (χ0v) is 31.8.